The predicted molar refractivity (Wildman–Crippen MR) is 91.1 cm³/mol. The van der Waals surface area contributed by atoms with Crippen LogP contribution in [0.25, 0.3) is 10.9 Å². The van der Waals surface area contributed by atoms with Crippen molar-refractivity contribution in [2.24, 2.45) is 11.3 Å². The molecule has 0 bridgehead atoms. The number of aromatic nitrogens is 1. The van der Waals surface area contributed by atoms with Gasteiger partial charge in [0.25, 0.3) is 0 Å². The average molecular weight is 303 g/mol. The Balaban J connectivity index is 1.97. The molecule has 0 N–H and O–H groups in total. The van der Waals surface area contributed by atoms with Gasteiger partial charge in [0.15, 0.2) is 0 Å². The number of para-hydroxylation sites is 1. The first-order valence-electron chi connectivity index (χ1n) is 7.68. The van der Waals surface area contributed by atoms with Gasteiger partial charge in [-0.2, -0.15) is 0 Å². The summed E-state index contributed by atoms with van der Waals surface area (Å²) >= 11 is 6.17. The highest BCUT2D eigenvalue weighted by Gasteiger charge is 2.33. The van der Waals surface area contributed by atoms with E-state index in [1.807, 2.05) is 12.1 Å². The van der Waals surface area contributed by atoms with Crippen molar-refractivity contribution < 1.29 is 0 Å². The van der Waals surface area contributed by atoms with E-state index in [4.69, 9.17) is 16.6 Å². The summed E-state index contributed by atoms with van der Waals surface area (Å²) in [4.78, 5) is 7.30. The van der Waals surface area contributed by atoms with Gasteiger partial charge in [0.1, 0.15) is 5.82 Å². The highest BCUT2D eigenvalue weighted by atomic mass is 35.5. The Morgan fingerprint density at radius 2 is 2.05 bits per heavy atom. The van der Waals surface area contributed by atoms with Crippen LogP contribution in [0.15, 0.2) is 30.3 Å². The Morgan fingerprint density at radius 3 is 2.71 bits per heavy atom. The molecule has 0 radical (unpaired) electrons. The predicted octanol–water partition coefficient (Wildman–Crippen LogP) is 4.85. The maximum atomic E-state index is 6.17. The fraction of sp³-hybridized carbons (Fsp3) is 0.500. The van der Waals surface area contributed by atoms with Crippen LogP contribution in [-0.4, -0.2) is 18.1 Å². The molecule has 1 aromatic heterocycles. The largest absolute Gasteiger partial charge is 0.356 e. The summed E-state index contributed by atoms with van der Waals surface area (Å²) in [6.07, 6.45) is 1.24. The van der Waals surface area contributed by atoms with Crippen molar-refractivity contribution in [3.63, 3.8) is 0 Å². The van der Waals surface area contributed by atoms with Crippen molar-refractivity contribution in [2.75, 3.05) is 18.0 Å². The molecule has 3 heteroatoms. The van der Waals surface area contributed by atoms with Crippen LogP contribution in [0.1, 0.15) is 32.8 Å². The normalized spacial score (nSPS) is 19.4. The van der Waals surface area contributed by atoms with Crippen LogP contribution in [-0.2, 0) is 5.88 Å². The number of pyridine rings is 1. The second-order valence-corrected chi connectivity index (χ2v) is 7.36. The van der Waals surface area contributed by atoms with Crippen LogP contribution in [0.5, 0.6) is 0 Å². The Bertz CT molecular complexity index is 645. The highest BCUT2D eigenvalue weighted by molar-refractivity contribution is 6.17. The molecule has 1 saturated heterocycles. The smallest absolute Gasteiger partial charge is 0.133 e. The molecule has 2 heterocycles. The summed E-state index contributed by atoms with van der Waals surface area (Å²) in [5.41, 5.74) is 2.55. The van der Waals surface area contributed by atoms with Crippen molar-refractivity contribution in [3.8, 4) is 0 Å². The fourth-order valence-corrected chi connectivity index (χ4v) is 3.38. The van der Waals surface area contributed by atoms with Gasteiger partial charge in [0, 0.05) is 24.0 Å². The summed E-state index contributed by atoms with van der Waals surface area (Å²) < 4.78 is 0. The zero-order valence-electron chi connectivity index (χ0n) is 13.1. The molecule has 1 fully saturated rings. The third-order valence-corrected chi connectivity index (χ3v) is 4.92. The van der Waals surface area contributed by atoms with E-state index in [-0.39, 0.29) is 0 Å². The number of hydrogen-bond acceptors (Lipinski definition) is 2. The first kappa shape index (κ1) is 14.6. The molecule has 112 valence electrons. The van der Waals surface area contributed by atoms with E-state index in [0.29, 0.717) is 17.2 Å². The Labute approximate surface area is 132 Å². The summed E-state index contributed by atoms with van der Waals surface area (Å²) in [5.74, 6) is 2.31. The van der Waals surface area contributed by atoms with E-state index in [0.717, 1.165) is 30.0 Å². The quantitative estimate of drug-likeness (QED) is 0.738. The minimum Gasteiger partial charge on any atom is -0.356 e. The standard InChI is InChI=1S/C18H23ClN2/c1-18(2,3)15-8-9-21(12-15)17-14(11-19)10-13-6-4-5-7-16(13)20-17/h4-7,10,15H,8-9,11-12H2,1-3H3. The van der Waals surface area contributed by atoms with Crippen LogP contribution >= 0.6 is 11.6 Å². The number of hydrogen-bond donors (Lipinski definition) is 0. The van der Waals surface area contributed by atoms with Crippen molar-refractivity contribution >= 4 is 28.3 Å². The number of halogens is 1. The molecule has 2 nitrogen and oxygen atoms in total. The monoisotopic (exact) mass is 302 g/mol. The second-order valence-electron chi connectivity index (χ2n) is 7.10. The van der Waals surface area contributed by atoms with Gasteiger partial charge in [-0.3, -0.25) is 0 Å². The van der Waals surface area contributed by atoms with Gasteiger partial charge in [-0.05, 0) is 29.9 Å². The van der Waals surface area contributed by atoms with Gasteiger partial charge in [-0.15, -0.1) is 11.6 Å². The zero-order valence-corrected chi connectivity index (χ0v) is 13.8. The second kappa shape index (κ2) is 5.49. The summed E-state index contributed by atoms with van der Waals surface area (Å²) in [5, 5.41) is 1.17. The molecule has 1 aliphatic heterocycles. The molecule has 0 aliphatic carbocycles. The minimum absolute atomic E-state index is 0.354. The van der Waals surface area contributed by atoms with E-state index >= 15 is 0 Å². The molecule has 0 spiro atoms. The topological polar surface area (TPSA) is 16.1 Å². The lowest BCUT2D eigenvalue weighted by Gasteiger charge is -2.27. The Hall–Kier alpha value is -1.28. The van der Waals surface area contributed by atoms with Gasteiger partial charge in [0.05, 0.1) is 11.4 Å². The molecule has 1 aliphatic rings. The molecule has 0 amide bonds. The molecular weight excluding hydrogens is 280 g/mol. The Morgan fingerprint density at radius 1 is 1.29 bits per heavy atom. The Kier molecular flexibility index (Phi) is 3.83. The van der Waals surface area contributed by atoms with E-state index < -0.39 is 0 Å². The first-order valence-corrected chi connectivity index (χ1v) is 8.22. The summed E-state index contributed by atoms with van der Waals surface area (Å²) in [6, 6.07) is 10.5. The van der Waals surface area contributed by atoms with E-state index in [1.54, 1.807) is 0 Å². The number of alkyl halides is 1. The van der Waals surface area contributed by atoms with Crippen LogP contribution in [0.4, 0.5) is 5.82 Å². The maximum Gasteiger partial charge on any atom is 0.133 e. The lowest BCUT2D eigenvalue weighted by molar-refractivity contribution is 0.263. The lowest BCUT2D eigenvalue weighted by Crippen LogP contribution is -2.27. The SMILES string of the molecule is CC(C)(C)C1CCN(c2nc3ccccc3cc2CCl)C1. The third-order valence-electron chi connectivity index (χ3n) is 4.64. The molecule has 1 unspecified atom stereocenters. The van der Waals surface area contributed by atoms with E-state index in [9.17, 15) is 0 Å². The molecule has 1 atom stereocenters. The number of nitrogens with zero attached hydrogens (tertiary/aromatic N) is 2. The van der Waals surface area contributed by atoms with Crippen molar-refractivity contribution in [2.45, 2.75) is 33.1 Å². The van der Waals surface area contributed by atoms with E-state index in [2.05, 4.69) is 43.9 Å². The van der Waals surface area contributed by atoms with Crippen molar-refractivity contribution in [1.29, 1.82) is 0 Å². The third kappa shape index (κ3) is 2.87. The van der Waals surface area contributed by atoms with Gasteiger partial charge in [-0.1, -0.05) is 39.0 Å². The number of anilines is 1. The first-order chi connectivity index (χ1) is 9.99. The lowest BCUT2D eigenvalue weighted by atomic mass is 9.80. The molecule has 2 aromatic rings. The number of fused-ring (bicyclic) bond motifs is 1. The van der Waals surface area contributed by atoms with Crippen LogP contribution in [0.2, 0.25) is 0 Å². The maximum absolute atomic E-state index is 6.17. The molecule has 21 heavy (non-hydrogen) atoms. The van der Waals surface area contributed by atoms with Crippen LogP contribution in [0.3, 0.4) is 0 Å². The highest BCUT2D eigenvalue weighted by Crippen LogP contribution is 2.36. The minimum atomic E-state index is 0.354. The van der Waals surface area contributed by atoms with Gasteiger partial charge < -0.3 is 4.90 Å². The van der Waals surface area contributed by atoms with Crippen molar-refractivity contribution in [3.05, 3.63) is 35.9 Å². The van der Waals surface area contributed by atoms with Crippen LogP contribution in [0, 0.1) is 11.3 Å². The molecule has 3 rings (SSSR count). The van der Waals surface area contributed by atoms with E-state index in [1.165, 1.54) is 11.8 Å². The molecule has 1 aromatic carbocycles. The van der Waals surface area contributed by atoms with Gasteiger partial charge in [-0.25, -0.2) is 4.98 Å². The molecular formula is C18H23ClN2. The van der Waals surface area contributed by atoms with Crippen LogP contribution < -0.4 is 4.90 Å². The van der Waals surface area contributed by atoms with Gasteiger partial charge in [0.2, 0.25) is 0 Å². The van der Waals surface area contributed by atoms with Crippen molar-refractivity contribution in [1.82, 2.24) is 4.98 Å². The summed E-state index contributed by atoms with van der Waals surface area (Å²) in [6.45, 7) is 9.15. The average Bonchev–Trinajstić information content (AvgIpc) is 2.95. The number of rotatable bonds is 2. The summed E-state index contributed by atoms with van der Waals surface area (Å²) in [7, 11) is 0. The number of benzene rings is 1. The van der Waals surface area contributed by atoms with Gasteiger partial charge >= 0.3 is 0 Å². The zero-order chi connectivity index (χ0) is 15.0. The fourth-order valence-electron chi connectivity index (χ4n) is 3.18. The molecule has 0 saturated carbocycles.